The smallest absolute Gasteiger partial charge is 0.294 e. The van der Waals surface area contributed by atoms with E-state index in [0.29, 0.717) is 46.8 Å². The highest BCUT2D eigenvalue weighted by Gasteiger charge is 2.36. The first kappa shape index (κ1) is 27.4. The Hall–Kier alpha value is -4.64. The topological polar surface area (TPSA) is 114 Å². The van der Waals surface area contributed by atoms with Crippen molar-refractivity contribution in [1.29, 1.82) is 0 Å². The van der Waals surface area contributed by atoms with Crippen LogP contribution in [0.3, 0.4) is 0 Å². The molecule has 0 saturated carbocycles. The molecule has 11 heteroatoms. The van der Waals surface area contributed by atoms with Gasteiger partial charge in [-0.25, -0.2) is 4.39 Å². The first-order chi connectivity index (χ1) is 18.8. The third-order valence-corrected chi connectivity index (χ3v) is 6.22. The van der Waals surface area contributed by atoms with Crippen LogP contribution < -0.4 is 20.1 Å². The summed E-state index contributed by atoms with van der Waals surface area (Å²) in [6.45, 7) is 1.59. The zero-order valence-corrected chi connectivity index (χ0v) is 21.6. The van der Waals surface area contributed by atoms with Gasteiger partial charge in [0.1, 0.15) is 23.9 Å². The average Bonchev–Trinajstić information content (AvgIpc) is 3.18. The molecule has 2 N–H and O–H groups in total. The van der Waals surface area contributed by atoms with Gasteiger partial charge in [-0.2, -0.15) is 0 Å². The molecule has 1 aliphatic rings. The number of para-hydroxylation sites is 1. The molecular weight excluding hydrogens is 525 g/mol. The number of hydrogen-bond acceptors (Lipinski definition) is 7. The summed E-state index contributed by atoms with van der Waals surface area (Å²) >= 11 is 0.705. The van der Waals surface area contributed by atoms with Crippen LogP contribution in [-0.4, -0.2) is 47.6 Å². The highest BCUT2D eigenvalue weighted by atomic mass is 32.2. The van der Waals surface area contributed by atoms with Crippen molar-refractivity contribution in [2.75, 3.05) is 30.4 Å². The maximum atomic E-state index is 13.0. The number of halogens is 1. The number of anilines is 2. The second-order valence-corrected chi connectivity index (χ2v) is 9.15. The number of nitrogens with zero attached hydrogens (tertiary/aromatic N) is 1. The highest BCUT2D eigenvalue weighted by Crippen LogP contribution is 2.34. The van der Waals surface area contributed by atoms with E-state index in [1.807, 2.05) is 6.92 Å². The lowest BCUT2D eigenvalue weighted by Gasteiger charge is -2.13. The molecule has 1 aliphatic heterocycles. The number of imide groups is 1. The summed E-state index contributed by atoms with van der Waals surface area (Å²) in [5, 5.41) is 4.67. The summed E-state index contributed by atoms with van der Waals surface area (Å²) in [6, 6.07) is 18.7. The molecule has 9 nitrogen and oxygen atoms in total. The molecule has 0 aromatic heterocycles. The summed E-state index contributed by atoms with van der Waals surface area (Å²) in [5.74, 6) is -1.06. The second-order valence-electron chi connectivity index (χ2n) is 8.15. The van der Waals surface area contributed by atoms with E-state index < -0.39 is 35.3 Å². The summed E-state index contributed by atoms with van der Waals surface area (Å²) in [6.07, 6.45) is 1.47. The highest BCUT2D eigenvalue weighted by molar-refractivity contribution is 8.18. The molecule has 0 bridgehead atoms. The quantitative estimate of drug-likeness (QED) is 0.345. The van der Waals surface area contributed by atoms with Gasteiger partial charge in [-0.05, 0) is 79.4 Å². The summed E-state index contributed by atoms with van der Waals surface area (Å²) in [4.78, 5) is 51.1. The van der Waals surface area contributed by atoms with Crippen LogP contribution in [0.2, 0.25) is 0 Å². The Labute approximate surface area is 228 Å². The molecule has 3 aromatic carbocycles. The van der Waals surface area contributed by atoms with Gasteiger partial charge in [0.05, 0.1) is 11.5 Å². The number of benzene rings is 3. The van der Waals surface area contributed by atoms with Gasteiger partial charge in [0.25, 0.3) is 17.1 Å². The minimum absolute atomic E-state index is 0.112. The van der Waals surface area contributed by atoms with Crippen molar-refractivity contribution in [1.82, 2.24) is 4.90 Å². The molecule has 3 aromatic rings. The molecule has 0 atom stereocenters. The van der Waals surface area contributed by atoms with Gasteiger partial charge < -0.3 is 20.1 Å². The Kier molecular flexibility index (Phi) is 8.95. The van der Waals surface area contributed by atoms with Crippen molar-refractivity contribution in [3.63, 3.8) is 0 Å². The number of thioether (sulfide) groups is 1. The molecule has 0 unspecified atom stereocenters. The van der Waals surface area contributed by atoms with E-state index in [9.17, 15) is 23.6 Å². The van der Waals surface area contributed by atoms with Crippen molar-refractivity contribution in [2.45, 2.75) is 6.92 Å². The number of ether oxygens (including phenoxy) is 2. The van der Waals surface area contributed by atoms with Gasteiger partial charge in [0.2, 0.25) is 5.91 Å². The van der Waals surface area contributed by atoms with Crippen LogP contribution in [0.25, 0.3) is 6.08 Å². The van der Waals surface area contributed by atoms with Crippen molar-refractivity contribution in [3.05, 3.63) is 89.1 Å². The molecule has 0 aliphatic carbocycles. The minimum atomic E-state index is -0.615. The van der Waals surface area contributed by atoms with Crippen LogP contribution >= 0.6 is 11.8 Å². The van der Waals surface area contributed by atoms with Gasteiger partial charge in [0.15, 0.2) is 6.61 Å². The van der Waals surface area contributed by atoms with E-state index in [1.54, 1.807) is 48.5 Å². The fourth-order valence-electron chi connectivity index (χ4n) is 3.53. The lowest BCUT2D eigenvalue weighted by atomic mass is 10.2. The Morgan fingerprint density at radius 2 is 1.54 bits per heavy atom. The molecule has 0 radical (unpaired) electrons. The number of nitrogens with one attached hydrogen (secondary N) is 2. The fourth-order valence-corrected chi connectivity index (χ4v) is 4.36. The lowest BCUT2D eigenvalue weighted by molar-refractivity contribution is -0.127. The Balaban J connectivity index is 1.37. The predicted molar refractivity (Wildman–Crippen MR) is 146 cm³/mol. The normalized spacial score (nSPS) is 13.9. The standard InChI is InChI=1S/C28H24FN3O6S/c1-2-37-22-13-11-21(12-14-22)30-25(33)16-32-27(35)24(39-28(32)36)15-18-5-3-4-6-23(18)38-17-26(34)31-20-9-7-19(29)8-10-20/h3-15H,2,16-17H2,1H3,(H,30,33)(H,31,34)/b24-15+. The van der Waals surface area contributed by atoms with Gasteiger partial charge in [-0.3, -0.25) is 24.1 Å². The molecule has 1 saturated heterocycles. The summed E-state index contributed by atoms with van der Waals surface area (Å²) in [5.41, 5.74) is 1.38. The predicted octanol–water partition coefficient (Wildman–Crippen LogP) is 4.92. The maximum absolute atomic E-state index is 13.0. The van der Waals surface area contributed by atoms with E-state index in [-0.39, 0.29) is 11.5 Å². The summed E-state index contributed by atoms with van der Waals surface area (Å²) < 4.78 is 24.0. The minimum Gasteiger partial charge on any atom is -0.494 e. The number of rotatable bonds is 10. The van der Waals surface area contributed by atoms with Crippen LogP contribution in [-0.2, 0) is 14.4 Å². The van der Waals surface area contributed by atoms with Gasteiger partial charge in [0, 0.05) is 16.9 Å². The molecule has 1 fully saturated rings. The Morgan fingerprint density at radius 3 is 2.23 bits per heavy atom. The van der Waals surface area contributed by atoms with E-state index in [0.717, 1.165) is 4.90 Å². The van der Waals surface area contributed by atoms with Gasteiger partial charge >= 0.3 is 0 Å². The van der Waals surface area contributed by atoms with E-state index in [1.165, 1.54) is 30.3 Å². The number of carbonyl (C=O) groups is 4. The van der Waals surface area contributed by atoms with Crippen LogP contribution in [0, 0.1) is 5.82 Å². The zero-order chi connectivity index (χ0) is 27.8. The molecule has 4 amide bonds. The Bertz CT molecular complexity index is 1410. The third kappa shape index (κ3) is 7.45. The number of hydrogen-bond donors (Lipinski definition) is 2. The average molecular weight is 550 g/mol. The second kappa shape index (κ2) is 12.7. The Morgan fingerprint density at radius 1 is 0.897 bits per heavy atom. The first-order valence-electron chi connectivity index (χ1n) is 11.9. The van der Waals surface area contributed by atoms with E-state index in [4.69, 9.17) is 9.47 Å². The summed E-state index contributed by atoms with van der Waals surface area (Å²) in [7, 11) is 0. The molecule has 200 valence electrons. The van der Waals surface area contributed by atoms with Gasteiger partial charge in [-0.1, -0.05) is 18.2 Å². The number of amides is 4. The van der Waals surface area contributed by atoms with Crippen molar-refractivity contribution >= 4 is 52.2 Å². The van der Waals surface area contributed by atoms with Gasteiger partial charge in [-0.15, -0.1) is 0 Å². The zero-order valence-electron chi connectivity index (χ0n) is 20.8. The van der Waals surface area contributed by atoms with E-state index in [2.05, 4.69) is 10.6 Å². The number of carbonyl (C=O) groups excluding carboxylic acids is 4. The molecule has 39 heavy (non-hydrogen) atoms. The molecule has 1 heterocycles. The molecular formula is C28H24FN3O6S. The van der Waals surface area contributed by atoms with Crippen LogP contribution in [0.5, 0.6) is 11.5 Å². The van der Waals surface area contributed by atoms with Crippen LogP contribution in [0.15, 0.2) is 77.7 Å². The lowest BCUT2D eigenvalue weighted by Crippen LogP contribution is -2.36. The van der Waals surface area contributed by atoms with Crippen molar-refractivity contribution < 1.29 is 33.0 Å². The monoisotopic (exact) mass is 549 g/mol. The molecule has 0 spiro atoms. The maximum Gasteiger partial charge on any atom is 0.294 e. The largest absolute Gasteiger partial charge is 0.494 e. The molecule has 4 rings (SSSR count). The SMILES string of the molecule is CCOc1ccc(NC(=O)CN2C(=O)S/C(=C/c3ccccc3OCC(=O)Nc3ccc(F)cc3)C2=O)cc1. The van der Waals surface area contributed by atoms with Crippen LogP contribution in [0.1, 0.15) is 12.5 Å². The first-order valence-corrected chi connectivity index (χ1v) is 12.7. The van der Waals surface area contributed by atoms with Crippen molar-refractivity contribution in [3.8, 4) is 11.5 Å². The van der Waals surface area contributed by atoms with Crippen LogP contribution in [0.4, 0.5) is 20.6 Å². The van der Waals surface area contributed by atoms with E-state index >= 15 is 0 Å². The third-order valence-electron chi connectivity index (χ3n) is 5.32. The fraction of sp³-hybridized carbons (Fsp3) is 0.143. The van der Waals surface area contributed by atoms with Crippen molar-refractivity contribution in [2.24, 2.45) is 0 Å².